The van der Waals surface area contributed by atoms with E-state index < -0.39 is 29.6 Å². The van der Waals surface area contributed by atoms with Crippen LogP contribution >= 0.6 is 0 Å². The molecule has 0 unspecified atom stereocenters. The molecule has 18 heavy (non-hydrogen) atoms. The van der Waals surface area contributed by atoms with Crippen LogP contribution in [-0.2, 0) is 9.53 Å². The maximum Gasteiger partial charge on any atom is 0.470 e. The van der Waals surface area contributed by atoms with Crippen LogP contribution in [0.5, 0.6) is 0 Å². The summed E-state index contributed by atoms with van der Waals surface area (Å²) in [7, 11) is 0. The van der Waals surface area contributed by atoms with Crippen LogP contribution in [0.15, 0.2) is 0 Å². The van der Waals surface area contributed by atoms with Crippen LogP contribution in [0.25, 0.3) is 0 Å². The van der Waals surface area contributed by atoms with E-state index in [1.165, 1.54) is 6.92 Å². The summed E-state index contributed by atoms with van der Waals surface area (Å²) in [6.45, 7) is 3.42. The number of carbonyl (C=O) groups is 1. The molecule has 0 heterocycles. The SMILES string of the molecule is CCC(C)(C)C(=O)OC(F)(C(F)(F)F)C(F)(F)F. The first-order valence-corrected chi connectivity index (χ1v) is 4.75. The number of hydrogen-bond acceptors (Lipinski definition) is 2. The van der Waals surface area contributed by atoms with Crippen LogP contribution in [0.1, 0.15) is 27.2 Å². The first kappa shape index (κ1) is 17.0. The van der Waals surface area contributed by atoms with Gasteiger partial charge < -0.3 is 4.74 Å². The number of ether oxygens (including phenoxy) is 1. The Morgan fingerprint density at radius 3 is 1.50 bits per heavy atom. The van der Waals surface area contributed by atoms with Crippen molar-refractivity contribution in [3.05, 3.63) is 0 Å². The molecule has 0 amide bonds. The molecular weight excluding hydrogens is 273 g/mol. The van der Waals surface area contributed by atoms with Gasteiger partial charge in [0, 0.05) is 0 Å². The number of alkyl halides is 7. The molecule has 0 aliphatic carbocycles. The molecule has 0 rings (SSSR count). The van der Waals surface area contributed by atoms with Gasteiger partial charge in [0.15, 0.2) is 0 Å². The van der Waals surface area contributed by atoms with Crippen molar-refractivity contribution < 1.29 is 40.3 Å². The molecule has 0 saturated heterocycles. The van der Waals surface area contributed by atoms with Crippen molar-refractivity contribution in [3.63, 3.8) is 0 Å². The van der Waals surface area contributed by atoms with E-state index in [9.17, 15) is 35.5 Å². The topological polar surface area (TPSA) is 26.3 Å². The molecule has 0 N–H and O–H groups in total. The lowest BCUT2D eigenvalue weighted by atomic mass is 9.90. The smallest absolute Gasteiger partial charge is 0.412 e. The lowest BCUT2D eigenvalue weighted by molar-refractivity contribution is -0.418. The van der Waals surface area contributed by atoms with E-state index in [1.807, 2.05) is 0 Å². The maximum absolute atomic E-state index is 13.0. The zero-order valence-corrected chi connectivity index (χ0v) is 9.67. The lowest BCUT2D eigenvalue weighted by Gasteiger charge is -2.32. The van der Waals surface area contributed by atoms with Gasteiger partial charge >= 0.3 is 24.2 Å². The summed E-state index contributed by atoms with van der Waals surface area (Å²) in [6, 6.07) is 0. The van der Waals surface area contributed by atoms with Crippen molar-refractivity contribution in [2.75, 3.05) is 0 Å². The van der Waals surface area contributed by atoms with E-state index in [0.717, 1.165) is 13.8 Å². The maximum atomic E-state index is 13.0. The largest absolute Gasteiger partial charge is 0.470 e. The highest BCUT2D eigenvalue weighted by molar-refractivity contribution is 5.76. The second kappa shape index (κ2) is 4.58. The van der Waals surface area contributed by atoms with Gasteiger partial charge in [-0.2, -0.15) is 30.7 Å². The fourth-order valence-electron chi connectivity index (χ4n) is 0.687. The first-order chi connectivity index (χ1) is 7.69. The van der Waals surface area contributed by atoms with Gasteiger partial charge in [-0.05, 0) is 20.3 Å². The fraction of sp³-hybridized carbons (Fsp3) is 0.889. The van der Waals surface area contributed by atoms with E-state index in [1.54, 1.807) is 0 Å². The first-order valence-electron chi connectivity index (χ1n) is 4.75. The van der Waals surface area contributed by atoms with E-state index in [4.69, 9.17) is 0 Å². The Balaban J connectivity index is 5.39. The molecular formula is C9H11F7O2. The van der Waals surface area contributed by atoms with Crippen LogP contribution in [0, 0.1) is 5.41 Å². The standard InChI is InChI=1S/C9H11F7O2/c1-4-6(2,3)5(17)18-7(10,8(11,12)13)9(14,15)16/h4H2,1-3H3. The molecule has 2 nitrogen and oxygen atoms in total. The summed E-state index contributed by atoms with van der Waals surface area (Å²) in [5.74, 6) is -7.91. The zero-order chi connectivity index (χ0) is 15.0. The molecule has 0 atom stereocenters. The van der Waals surface area contributed by atoms with E-state index in [2.05, 4.69) is 4.74 Å². The summed E-state index contributed by atoms with van der Waals surface area (Å²) >= 11 is 0. The van der Waals surface area contributed by atoms with Gasteiger partial charge in [0.05, 0.1) is 5.41 Å². The zero-order valence-electron chi connectivity index (χ0n) is 9.67. The van der Waals surface area contributed by atoms with E-state index in [0.29, 0.717) is 0 Å². The van der Waals surface area contributed by atoms with Crippen molar-refractivity contribution in [3.8, 4) is 0 Å². The Hall–Kier alpha value is -1.02. The molecule has 9 heteroatoms. The van der Waals surface area contributed by atoms with E-state index >= 15 is 0 Å². The second-order valence-electron chi connectivity index (χ2n) is 4.22. The number of esters is 1. The summed E-state index contributed by atoms with van der Waals surface area (Å²) in [5.41, 5.74) is -1.66. The van der Waals surface area contributed by atoms with Gasteiger partial charge in [-0.1, -0.05) is 6.92 Å². The minimum absolute atomic E-state index is 0.113. The third-order valence-corrected chi connectivity index (χ3v) is 2.40. The molecule has 0 aliphatic heterocycles. The Morgan fingerprint density at radius 1 is 0.944 bits per heavy atom. The number of carbonyl (C=O) groups excluding carboxylic acids is 1. The van der Waals surface area contributed by atoms with Crippen LogP contribution in [-0.4, -0.2) is 24.2 Å². The Labute approximate surface area is 98.1 Å². The predicted octanol–water partition coefficient (Wildman–Crippen LogP) is 3.76. The molecule has 0 aromatic rings. The third-order valence-electron chi connectivity index (χ3n) is 2.40. The molecule has 0 saturated carbocycles. The van der Waals surface area contributed by atoms with Crippen LogP contribution < -0.4 is 0 Å². The Bertz CT molecular complexity index is 302. The molecule has 0 aromatic carbocycles. The van der Waals surface area contributed by atoms with Gasteiger partial charge in [0.25, 0.3) is 0 Å². The van der Waals surface area contributed by atoms with Crippen molar-refractivity contribution in [1.82, 2.24) is 0 Å². The minimum atomic E-state index is -6.40. The molecule has 0 bridgehead atoms. The van der Waals surface area contributed by atoms with Crippen molar-refractivity contribution >= 4 is 5.97 Å². The molecule has 0 aliphatic rings. The molecule has 0 spiro atoms. The van der Waals surface area contributed by atoms with Gasteiger partial charge in [-0.3, -0.25) is 4.79 Å². The minimum Gasteiger partial charge on any atom is -0.412 e. The van der Waals surface area contributed by atoms with Crippen LogP contribution in [0.2, 0.25) is 0 Å². The molecule has 0 aromatic heterocycles. The normalized spacial score (nSPS) is 14.6. The van der Waals surface area contributed by atoms with Crippen LogP contribution in [0.4, 0.5) is 30.7 Å². The van der Waals surface area contributed by atoms with Crippen molar-refractivity contribution in [1.29, 1.82) is 0 Å². The number of hydrogen-bond donors (Lipinski definition) is 0. The van der Waals surface area contributed by atoms with Gasteiger partial charge in [0.2, 0.25) is 0 Å². The molecule has 0 fully saturated rings. The monoisotopic (exact) mass is 284 g/mol. The van der Waals surface area contributed by atoms with Gasteiger partial charge in [0.1, 0.15) is 0 Å². The average molecular weight is 284 g/mol. The summed E-state index contributed by atoms with van der Waals surface area (Å²) in [6.07, 6.45) is -12.9. The van der Waals surface area contributed by atoms with Crippen molar-refractivity contribution in [2.45, 2.75) is 45.4 Å². The fourth-order valence-corrected chi connectivity index (χ4v) is 0.687. The predicted molar refractivity (Wildman–Crippen MR) is 46.1 cm³/mol. The Morgan fingerprint density at radius 2 is 1.28 bits per heavy atom. The third kappa shape index (κ3) is 3.05. The van der Waals surface area contributed by atoms with Crippen LogP contribution in [0.3, 0.4) is 0 Å². The number of halogens is 7. The van der Waals surface area contributed by atoms with E-state index in [-0.39, 0.29) is 6.42 Å². The second-order valence-corrected chi connectivity index (χ2v) is 4.22. The van der Waals surface area contributed by atoms with Gasteiger partial charge in [-0.25, -0.2) is 0 Å². The lowest BCUT2D eigenvalue weighted by Crippen LogP contribution is -2.57. The Kier molecular flexibility index (Phi) is 4.32. The van der Waals surface area contributed by atoms with Gasteiger partial charge in [-0.15, -0.1) is 0 Å². The summed E-state index contributed by atoms with van der Waals surface area (Å²) in [5, 5.41) is 0. The van der Waals surface area contributed by atoms with Crippen molar-refractivity contribution in [2.24, 2.45) is 5.41 Å². The number of rotatable bonds is 3. The quantitative estimate of drug-likeness (QED) is 0.582. The highest BCUT2D eigenvalue weighted by Gasteiger charge is 2.76. The highest BCUT2D eigenvalue weighted by atomic mass is 19.4. The highest BCUT2D eigenvalue weighted by Crippen LogP contribution is 2.48. The average Bonchev–Trinajstić information content (AvgIpc) is 2.13. The summed E-state index contributed by atoms with van der Waals surface area (Å²) in [4.78, 5) is 11.1. The molecule has 0 radical (unpaired) electrons. The summed E-state index contributed by atoms with van der Waals surface area (Å²) < 4.78 is 88.6. The molecule has 108 valence electrons.